The molecule has 0 atom stereocenters. The molecule has 21 heavy (non-hydrogen) atoms. The molecule has 3 aromatic heterocycles. The van der Waals surface area contributed by atoms with Crippen molar-refractivity contribution in [3.8, 4) is 0 Å². The summed E-state index contributed by atoms with van der Waals surface area (Å²) in [5.41, 5.74) is 2.38. The van der Waals surface area contributed by atoms with Crippen molar-refractivity contribution < 1.29 is 0 Å². The number of anilines is 1. The number of rotatable bonds is 2. The van der Waals surface area contributed by atoms with Crippen molar-refractivity contribution in [3.63, 3.8) is 0 Å². The van der Waals surface area contributed by atoms with Crippen LogP contribution in [0.25, 0.3) is 16.8 Å². The molecule has 4 heterocycles. The first-order valence-electron chi connectivity index (χ1n) is 6.70. The Morgan fingerprint density at radius 3 is 2.90 bits per heavy atom. The third-order valence-corrected chi connectivity index (χ3v) is 4.36. The first-order chi connectivity index (χ1) is 10.1. The van der Waals surface area contributed by atoms with Crippen LogP contribution in [-0.2, 0) is 0 Å². The van der Waals surface area contributed by atoms with Gasteiger partial charge in [-0.25, -0.2) is 9.97 Å². The van der Waals surface area contributed by atoms with Crippen LogP contribution in [0.2, 0.25) is 0 Å². The topological polar surface area (TPSA) is 62.5 Å². The molecule has 1 aliphatic rings. The van der Waals surface area contributed by atoms with Crippen LogP contribution in [0.1, 0.15) is 0 Å². The minimum atomic E-state index is 0.559. The molecule has 0 unspecified atom stereocenters. The molecule has 4 rings (SSSR count). The Kier molecular flexibility index (Phi) is 2.83. The van der Waals surface area contributed by atoms with E-state index in [0.29, 0.717) is 11.7 Å². The van der Waals surface area contributed by atoms with Crippen LogP contribution in [0.5, 0.6) is 0 Å². The number of hydrogen-bond donors (Lipinski definition) is 0. The fourth-order valence-electron chi connectivity index (χ4n) is 2.57. The molecular formula is C13H14BrN7. The summed E-state index contributed by atoms with van der Waals surface area (Å²) in [6.45, 7) is 1.90. The predicted molar refractivity (Wildman–Crippen MR) is 83.5 cm³/mol. The zero-order valence-corrected chi connectivity index (χ0v) is 13.3. The fourth-order valence-corrected chi connectivity index (χ4v) is 2.89. The van der Waals surface area contributed by atoms with Crippen molar-refractivity contribution in [3.05, 3.63) is 23.1 Å². The Bertz CT molecular complexity index is 822. The van der Waals surface area contributed by atoms with Crippen LogP contribution in [0.15, 0.2) is 23.1 Å². The van der Waals surface area contributed by atoms with Gasteiger partial charge in [-0.05, 0) is 36.1 Å². The normalized spacial score (nSPS) is 16.1. The first-order valence-corrected chi connectivity index (χ1v) is 7.49. The molecule has 1 aliphatic heterocycles. The lowest BCUT2D eigenvalue weighted by molar-refractivity contribution is 0.246. The molecule has 7 nitrogen and oxygen atoms in total. The average molecular weight is 348 g/mol. The molecule has 108 valence electrons. The summed E-state index contributed by atoms with van der Waals surface area (Å²) in [5, 5.41) is 8.25. The van der Waals surface area contributed by atoms with Crippen molar-refractivity contribution >= 4 is 38.6 Å². The summed E-state index contributed by atoms with van der Waals surface area (Å²) in [4.78, 5) is 13.5. The summed E-state index contributed by atoms with van der Waals surface area (Å²) in [6.07, 6.45) is 3.47. The standard InChI is InChI=1S/C13H14BrN7/c1-19(2)9-5-20(6-9)12-13-18-16-7-21(13)10-3-8(14)4-15-11(10)17-12/h3-4,7,9H,5-6H2,1-2H3. The van der Waals surface area contributed by atoms with Gasteiger partial charge in [0.1, 0.15) is 6.33 Å². The molecule has 0 radical (unpaired) electrons. The zero-order valence-electron chi connectivity index (χ0n) is 11.7. The second-order valence-corrected chi connectivity index (χ2v) is 6.39. The molecule has 1 fully saturated rings. The average Bonchev–Trinajstić information content (AvgIpc) is 2.86. The van der Waals surface area contributed by atoms with Gasteiger partial charge in [-0.3, -0.25) is 4.40 Å². The predicted octanol–water partition coefficient (Wildman–Crippen LogP) is 1.19. The Morgan fingerprint density at radius 1 is 1.33 bits per heavy atom. The molecule has 0 bridgehead atoms. The molecular weight excluding hydrogens is 334 g/mol. The van der Waals surface area contributed by atoms with Gasteiger partial charge >= 0.3 is 0 Å². The number of aromatic nitrogens is 5. The van der Waals surface area contributed by atoms with E-state index in [0.717, 1.165) is 34.5 Å². The van der Waals surface area contributed by atoms with Crippen LogP contribution in [0.4, 0.5) is 5.82 Å². The van der Waals surface area contributed by atoms with E-state index < -0.39 is 0 Å². The molecule has 0 N–H and O–H groups in total. The van der Waals surface area contributed by atoms with E-state index in [4.69, 9.17) is 0 Å². The molecule has 0 aliphatic carbocycles. The Hall–Kier alpha value is -1.80. The maximum atomic E-state index is 4.68. The minimum Gasteiger partial charge on any atom is -0.350 e. The molecule has 3 aromatic rings. The summed E-state index contributed by atoms with van der Waals surface area (Å²) in [6, 6.07) is 2.54. The van der Waals surface area contributed by atoms with Crippen molar-refractivity contribution in [2.45, 2.75) is 6.04 Å². The lowest BCUT2D eigenvalue weighted by Crippen LogP contribution is -2.57. The van der Waals surface area contributed by atoms with Crippen molar-refractivity contribution in [1.29, 1.82) is 0 Å². The highest BCUT2D eigenvalue weighted by Gasteiger charge is 2.31. The Labute approximate surface area is 129 Å². The molecule has 8 heteroatoms. The van der Waals surface area contributed by atoms with E-state index >= 15 is 0 Å². The Morgan fingerprint density at radius 2 is 2.14 bits per heavy atom. The van der Waals surface area contributed by atoms with Crippen molar-refractivity contribution in [2.24, 2.45) is 0 Å². The number of hydrogen-bond acceptors (Lipinski definition) is 6. The highest BCUT2D eigenvalue weighted by molar-refractivity contribution is 9.10. The molecule has 0 saturated carbocycles. The molecule has 0 amide bonds. The lowest BCUT2D eigenvalue weighted by atomic mass is 10.1. The zero-order chi connectivity index (χ0) is 14.6. The quantitative estimate of drug-likeness (QED) is 0.693. The van der Waals surface area contributed by atoms with Crippen LogP contribution in [0.3, 0.4) is 0 Å². The van der Waals surface area contributed by atoms with Crippen molar-refractivity contribution in [1.82, 2.24) is 29.5 Å². The number of likely N-dealkylation sites (N-methyl/N-ethyl adjacent to an activating group) is 1. The molecule has 1 saturated heterocycles. The van der Waals surface area contributed by atoms with Crippen LogP contribution < -0.4 is 4.90 Å². The monoisotopic (exact) mass is 347 g/mol. The van der Waals surface area contributed by atoms with Crippen LogP contribution >= 0.6 is 15.9 Å². The van der Waals surface area contributed by atoms with Gasteiger partial charge < -0.3 is 9.80 Å². The summed E-state index contributed by atoms with van der Waals surface area (Å²) < 4.78 is 2.86. The van der Waals surface area contributed by atoms with Crippen molar-refractivity contribution in [2.75, 3.05) is 32.1 Å². The fraction of sp³-hybridized carbons (Fsp3) is 0.385. The van der Waals surface area contributed by atoms with E-state index in [-0.39, 0.29) is 0 Å². The highest BCUT2D eigenvalue weighted by Crippen LogP contribution is 2.27. The van der Waals surface area contributed by atoms with E-state index in [2.05, 4.69) is 60.0 Å². The number of pyridine rings is 1. The number of halogens is 1. The van der Waals surface area contributed by atoms with Gasteiger partial charge in [0, 0.05) is 29.8 Å². The van der Waals surface area contributed by atoms with Gasteiger partial charge in [-0.1, -0.05) is 0 Å². The first kappa shape index (κ1) is 12.9. The maximum Gasteiger partial charge on any atom is 0.204 e. The minimum absolute atomic E-state index is 0.559. The third kappa shape index (κ3) is 1.97. The highest BCUT2D eigenvalue weighted by atomic mass is 79.9. The maximum absolute atomic E-state index is 4.68. The van der Waals surface area contributed by atoms with E-state index in [9.17, 15) is 0 Å². The smallest absolute Gasteiger partial charge is 0.204 e. The SMILES string of the molecule is CN(C)C1CN(c2nc3ncc(Br)cc3n3cnnc23)C1. The van der Waals surface area contributed by atoms with Gasteiger partial charge in [0.05, 0.1) is 5.52 Å². The van der Waals surface area contributed by atoms with E-state index in [1.54, 1.807) is 12.5 Å². The van der Waals surface area contributed by atoms with Gasteiger partial charge in [0.25, 0.3) is 0 Å². The Balaban J connectivity index is 1.85. The summed E-state index contributed by atoms with van der Waals surface area (Å²) in [7, 11) is 4.20. The second-order valence-electron chi connectivity index (χ2n) is 5.48. The molecule has 0 spiro atoms. The second kappa shape index (κ2) is 4.60. The van der Waals surface area contributed by atoms with Crippen LogP contribution in [-0.4, -0.2) is 62.7 Å². The summed E-state index contributed by atoms with van der Waals surface area (Å²) >= 11 is 3.44. The number of fused-ring (bicyclic) bond motifs is 3. The lowest BCUT2D eigenvalue weighted by Gasteiger charge is -2.43. The van der Waals surface area contributed by atoms with E-state index in [1.807, 2.05) is 10.5 Å². The molecule has 0 aromatic carbocycles. The van der Waals surface area contributed by atoms with Gasteiger partial charge in [0.15, 0.2) is 11.5 Å². The van der Waals surface area contributed by atoms with Crippen LogP contribution in [0, 0.1) is 0 Å². The third-order valence-electron chi connectivity index (χ3n) is 3.93. The van der Waals surface area contributed by atoms with Gasteiger partial charge in [0.2, 0.25) is 5.65 Å². The number of nitrogens with zero attached hydrogens (tertiary/aromatic N) is 7. The van der Waals surface area contributed by atoms with E-state index in [1.165, 1.54) is 0 Å². The van der Waals surface area contributed by atoms with Gasteiger partial charge in [-0.2, -0.15) is 0 Å². The summed E-state index contributed by atoms with van der Waals surface area (Å²) in [5.74, 6) is 0.855. The largest absolute Gasteiger partial charge is 0.350 e. The van der Waals surface area contributed by atoms with Gasteiger partial charge in [-0.15, -0.1) is 10.2 Å².